The second-order valence-corrected chi connectivity index (χ2v) is 8.78. The molecule has 0 unspecified atom stereocenters. The Bertz CT molecular complexity index is 761. The Balaban J connectivity index is 1.80. The molecule has 0 aliphatic heterocycles. The van der Waals surface area contributed by atoms with E-state index in [0.29, 0.717) is 12.3 Å². The van der Waals surface area contributed by atoms with E-state index in [1.165, 1.54) is 70.3 Å². The van der Waals surface area contributed by atoms with E-state index >= 15 is 0 Å². The Kier molecular flexibility index (Phi) is 13.0. The van der Waals surface area contributed by atoms with Crippen LogP contribution in [0.4, 0.5) is 8.78 Å². The number of hydrogen-bond acceptors (Lipinski definition) is 2. The van der Waals surface area contributed by atoms with Gasteiger partial charge in [0, 0.05) is 11.8 Å². The minimum atomic E-state index is -0.927. The van der Waals surface area contributed by atoms with Gasteiger partial charge in [0.25, 0.3) is 0 Å². The molecule has 0 N–H and O–H groups in total. The lowest BCUT2D eigenvalue weighted by Crippen LogP contribution is -2.02. The van der Waals surface area contributed by atoms with Crippen molar-refractivity contribution < 1.29 is 13.5 Å². The Morgan fingerprint density at radius 3 is 1.94 bits per heavy atom. The van der Waals surface area contributed by atoms with E-state index in [2.05, 4.69) is 18.8 Å². The summed E-state index contributed by atoms with van der Waals surface area (Å²) in [6, 6.07) is 6.83. The zero-order valence-corrected chi connectivity index (χ0v) is 20.1. The van der Waals surface area contributed by atoms with Gasteiger partial charge < -0.3 is 4.74 Å². The number of halogens is 2. The molecule has 0 fully saturated rings. The van der Waals surface area contributed by atoms with E-state index in [-0.39, 0.29) is 11.3 Å². The van der Waals surface area contributed by atoms with Gasteiger partial charge >= 0.3 is 0 Å². The van der Waals surface area contributed by atoms with E-state index in [0.717, 1.165) is 31.2 Å². The van der Waals surface area contributed by atoms with Crippen molar-refractivity contribution in [2.75, 3.05) is 6.61 Å². The van der Waals surface area contributed by atoms with Crippen molar-refractivity contribution in [3.63, 3.8) is 0 Å². The molecule has 32 heavy (non-hydrogen) atoms. The molecule has 0 amide bonds. The van der Waals surface area contributed by atoms with Gasteiger partial charge in [0.1, 0.15) is 0 Å². The van der Waals surface area contributed by atoms with E-state index in [1.807, 2.05) is 6.07 Å². The van der Waals surface area contributed by atoms with Crippen molar-refractivity contribution in [1.29, 1.82) is 0 Å². The molecule has 2 rings (SSSR count). The van der Waals surface area contributed by atoms with Gasteiger partial charge in [0.05, 0.1) is 12.3 Å². The third-order valence-corrected chi connectivity index (χ3v) is 5.97. The molecular weight excluding hydrogens is 404 g/mol. The van der Waals surface area contributed by atoms with Crippen molar-refractivity contribution in [1.82, 2.24) is 4.98 Å². The van der Waals surface area contributed by atoms with E-state index in [4.69, 9.17) is 4.74 Å². The standard InChI is InChI=1S/C28H41F2NO/c1-3-5-7-9-11-13-15-21-32-26-20-18-24(27(29)28(26)30)25-19-17-23(22-31-25)16-14-12-10-8-6-4-2/h17-20,22H,3-16,21H2,1-2H3. The van der Waals surface area contributed by atoms with Crippen LogP contribution >= 0.6 is 0 Å². The number of unbranched alkanes of at least 4 members (excludes halogenated alkanes) is 11. The highest BCUT2D eigenvalue weighted by molar-refractivity contribution is 5.61. The summed E-state index contributed by atoms with van der Waals surface area (Å²) in [6.45, 7) is 4.84. The maximum Gasteiger partial charge on any atom is 0.201 e. The average molecular weight is 446 g/mol. The van der Waals surface area contributed by atoms with Crippen LogP contribution in [0, 0.1) is 11.6 Å². The van der Waals surface area contributed by atoms with Crippen LogP contribution in [-0.2, 0) is 6.42 Å². The third-order valence-electron chi connectivity index (χ3n) is 5.97. The molecule has 1 heterocycles. The van der Waals surface area contributed by atoms with Gasteiger partial charge in [-0.2, -0.15) is 4.39 Å². The van der Waals surface area contributed by atoms with Crippen LogP contribution in [0.2, 0.25) is 0 Å². The lowest BCUT2D eigenvalue weighted by atomic mass is 10.0. The van der Waals surface area contributed by atoms with Crippen LogP contribution in [0.15, 0.2) is 30.5 Å². The predicted molar refractivity (Wildman–Crippen MR) is 130 cm³/mol. The van der Waals surface area contributed by atoms with Gasteiger partial charge in [-0.15, -0.1) is 0 Å². The fourth-order valence-electron chi connectivity index (χ4n) is 3.92. The van der Waals surface area contributed by atoms with Crippen molar-refractivity contribution in [3.05, 3.63) is 47.7 Å². The lowest BCUT2D eigenvalue weighted by Gasteiger charge is -2.10. The first kappa shape index (κ1) is 26.3. The zero-order chi connectivity index (χ0) is 23.0. The van der Waals surface area contributed by atoms with Crippen LogP contribution in [0.1, 0.15) is 103 Å². The average Bonchev–Trinajstić information content (AvgIpc) is 2.81. The number of ether oxygens (including phenoxy) is 1. The topological polar surface area (TPSA) is 22.1 Å². The summed E-state index contributed by atoms with van der Waals surface area (Å²) in [6.07, 6.45) is 18.4. The fraction of sp³-hybridized carbons (Fsp3) is 0.607. The number of aryl methyl sites for hydroxylation is 1. The number of nitrogens with zero attached hydrogens (tertiary/aromatic N) is 1. The van der Waals surface area contributed by atoms with Gasteiger partial charge in [-0.25, -0.2) is 4.39 Å². The quantitative estimate of drug-likeness (QED) is 0.227. The minimum absolute atomic E-state index is 0.0167. The number of rotatable bonds is 17. The Morgan fingerprint density at radius 2 is 1.31 bits per heavy atom. The Hall–Kier alpha value is -1.97. The molecule has 0 bridgehead atoms. The fourth-order valence-corrected chi connectivity index (χ4v) is 3.92. The van der Waals surface area contributed by atoms with Crippen LogP contribution in [-0.4, -0.2) is 11.6 Å². The maximum absolute atomic E-state index is 14.7. The molecule has 178 valence electrons. The molecular formula is C28H41F2NO. The second-order valence-electron chi connectivity index (χ2n) is 8.78. The monoisotopic (exact) mass is 445 g/mol. The summed E-state index contributed by atoms with van der Waals surface area (Å²) in [5.74, 6) is -1.83. The van der Waals surface area contributed by atoms with E-state index < -0.39 is 11.6 Å². The van der Waals surface area contributed by atoms with Crippen LogP contribution in [0.3, 0.4) is 0 Å². The largest absolute Gasteiger partial charge is 0.490 e. The van der Waals surface area contributed by atoms with Gasteiger partial charge in [-0.1, -0.05) is 90.5 Å². The summed E-state index contributed by atoms with van der Waals surface area (Å²) in [5, 5.41) is 0. The predicted octanol–water partition coefficient (Wildman–Crippen LogP) is 9.06. The molecule has 0 saturated carbocycles. The molecule has 0 radical (unpaired) electrons. The van der Waals surface area contributed by atoms with Crippen molar-refractivity contribution >= 4 is 0 Å². The van der Waals surface area contributed by atoms with Crippen molar-refractivity contribution in [2.24, 2.45) is 0 Å². The summed E-state index contributed by atoms with van der Waals surface area (Å²) in [7, 11) is 0. The van der Waals surface area contributed by atoms with Crippen LogP contribution in [0.25, 0.3) is 11.3 Å². The second kappa shape index (κ2) is 15.8. The molecule has 0 aliphatic rings. The first-order valence-electron chi connectivity index (χ1n) is 12.7. The first-order valence-corrected chi connectivity index (χ1v) is 12.7. The van der Waals surface area contributed by atoms with Crippen LogP contribution in [0.5, 0.6) is 5.75 Å². The van der Waals surface area contributed by atoms with Crippen LogP contribution < -0.4 is 4.74 Å². The highest BCUT2D eigenvalue weighted by Gasteiger charge is 2.16. The normalized spacial score (nSPS) is 11.1. The molecule has 0 aliphatic carbocycles. The number of hydrogen-bond donors (Lipinski definition) is 0. The number of benzene rings is 1. The van der Waals surface area contributed by atoms with Gasteiger partial charge in [-0.05, 0) is 43.0 Å². The Labute approximate surface area is 193 Å². The maximum atomic E-state index is 14.7. The molecule has 2 nitrogen and oxygen atoms in total. The smallest absolute Gasteiger partial charge is 0.201 e. The Morgan fingerprint density at radius 1 is 0.688 bits per heavy atom. The molecule has 2 aromatic rings. The zero-order valence-electron chi connectivity index (χ0n) is 20.1. The first-order chi connectivity index (χ1) is 15.7. The molecule has 4 heteroatoms. The van der Waals surface area contributed by atoms with E-state index in [9.17, 15) is 8.78 Å². The molecule has 0 spiro atoms. The highest BCUT2D eigenvalue weighted by Crippen LogP contribution is 2.29. The van der Waals surface area contributed by atoms with Crippen molar-refractivity contribution in [3.8, 4) is 17.0 Å². The number of aromatic nitrogens is 1. The number of pyridine rings is 1. The van der Waals surface area contributed by atoms with Gasteiger partial charge in [-0.3, -0.25) is 4.98 Å². The summed E-state index contributed by atoms with van der Waals surface area (Å²) < 4.78 is 34.7. The molecule has 0 atom stereocenters. The summed E-state index contributed by atoms with van der Waals surface area (Å²) in [4.78, 5) is 4.38. The third kappa shape index (κ3) is 9.26. The van der Waals surface area contributed by atoms with Gasteiger partial charge in [0.15, 0.2) is 11.6 Å². The van der Waals surface area contributed by atoms with E-state index in [1.54, 1.807) is 18.3 Å². The highest BCUT2D eigenvalue weighted by atomic mass is 19.2. The summed E-state index contributed by atoms with van der Waals surface area (Å²) in [5.41, 5.74) is 1.77. The molecule has 1 aromatic carbocycles. The molecule has 1 aromatic heterocycles. The van der Waals surface area contributed by atoms with Gasteiger partial charge in [0.2, 0.25) is 5.82 Å². The molecule has 0 saturated heterocycles. The SMILES string of the molecule is CCCCCCCCCOc1ccc(-c2ccc(CCCCCCCC)cn2)c(F)c1F. The minimum Gasteiger partial charge on any atom is -0.490 e. The summed E-state index contributed by atoms with van der Waals surface area (Å²) >= 11 is 0. The van der Waals surface area contributed by atoms with Crippen molar-refractivity contribution in [2.45, 2.75) is 104 Å². The lowest BCUT2D eigenvalue weighted by molar-refractivity contribution is 0.285.